The van der Waals surface area contributed by atoms with E-state index in [0.717, 1.165) is 11.1 Å². The van der Waals surface area contributed by atoms with E-state index in [1.165, 1.54) is 0 Å². The lowest BCUT2D eigenvalue weighted by Gasteiger charge is -2.18. The lowest BCUT2D eigenvalue weighted by molar-refractivity contribution is -0.0444. The Labute approximate surface area is 135 Å². The highest BCUT2D eigenvalue weighted by molar-refractivity contribution is 5.54. The van der Waals surface area contributed by atoms with Crippen molar-refractivity contribution < 1.29 is 23.7 Å². The van der Waals surface area contributed by atoms with E-state index in [1.807, 2.05) is 42.5 Å². The molecule has 2 aromatic rings. The molecule has 0 bridgehead atoms. The van der Waals surface area contributed by atoms with Gasteiger partial charge in [-0.2, -0.15) is 0 Å². The molecule has 1 heterocycles. The molecule has 0 amide bonds. The highest BCUT2D eigenvalue weighted by atomic mass is 16.7. The second-order valence-electron chi connectivity index (χ2n) is 5.10. The van der Waals surface area contributed by atoms with Crippen LogP contribution < -0.4 is 14.2 Å². The van der Waals surface area contributed by atoms with Crippen molar-refractivity contribution in [1.82, 2.24) is 0 Å². The summed E-state index contributed by atoms with van der Waals surface area (Å²) in [6, 6.07) is 13.7. The first-order valence-corrected chi connectivity index (χ1v) is 7.47. The molecule has 1 aliphatic heterocycles. The molecule has 0 saturated carbocycles. The van der Waals surface area contributed by atoms with Gasteiger partial charge in [0.25, 0.3) is 0 Å². The fraction of sp³-hybridized carbons (Fsp3) is 0.333. The number of methoxy groups -OCH3 is 2. The van der Waals surface area contributed by atoms with Crippen molar-refractivity contribution in [2.45, 2.75) is 12.9 Å². The van der Waals surface area contributed by atoms with Crippen molar-refractivity contribution in [2.24, 2.45) is 0 Å². The summed E-state index contributed by atoms with van der Waals surface area (Å²) < 4.78 is 27.9. The summed E-state index contributed by atoms with van der Waals surface area (Å²) in [6.07, 6.45) is -0.395. The minimum atomic E-state index is -0.395. The van der Waals surface area contributed by atoms with Crippen LogP contribution in [0.2, 0.25) is 0 Å². The second kappa shape index (κ2) is 7.35. The first-order valence-electron chi connectivity index (χ1n) is 7.47. The minimum Gasteiger partial charge on any atom is -0.493 e. The smallest absolute Gasteiger partial charge is 0.203 e. The van der Waals surface area contributed by atoms with Gasteiger partial charge in [-0.05, 0) is 17.7 Å². The lowest BCUT2D eigenvalue weighted by atomic mass is 10.1. The molecule has 0 atom stereocenters. The fourth-order valence-corrected chi connectivity index (χ4v) is 2.48. The molecule has 0 N–H and O–H groups in total. The molecule has 2 aromatic carbocycles. The average Bonchev–Trinajstić information content (AvgIpc) is 3.14. The van der Waals surface area contributed by atoms with E-state index in [0.29, 0.717) is 37.1 Å². The highest BCUT2D eigenvalue weighted by Gasteiger charge is 2.23. The van der Waals surface area contributed by atoms with Gasteiger partial charge < -0.3 is 23.7 Å². The summed E-state index contributed by atoms with van der Waals surface area (Å²) in [7, 11) is 3.19. The first-order chi connectivity index (χ1) is 11.3. The number of hydrogen-bond acceptors (Lipinski definition) is 5. The van der Waals surface area contributed by atoms with Crippen molar-refractivity contribution >= 4 is 0 Å². The molecule has 5 heteroatoms. The van der Waals surface area contributed by atoms with E-state index in [-0.39, 0.29) is 0 Å². The third-order valence-corrected chi connectivity index (χ3v) is 3.60. The Morgan fingerprint density at radius 3 is 2.30 bits per heavy atom. The van der Waals surface area contributed by atoms with Gasteiger partial charge in [0, 0.05) is 5.56 Å². The van der Waals surface area contributed by atoms with Gasteiger partial charge in [-0.25, -0.2) is 0 Å². The van der Waals surface area contributed by atoms with Gasteiger partial charge in [0.05, 0.1) is 27.4 Å². The standard InChI is InChI=1S/C18H20O5/c1-19-15-10-14(18-21-8-9-22-18)11-16(17(15)20-2)23-12-13-6-4-3-5-7-13/h3-7,10-11,18H,8-9,12H2,1-2H3. The molecule has 122 valence electrons. The van der Waals surface area contributed by atoms with E-state index in [4.69, 9.17) is 23.7 Å². The van der Waals surface area contributed by atoms with Crippen molar-refractivity contribution in [3.8, 4) is 17.2 Å². The van der Waals surface area contributed by atoms with Gasteiger partial charge in [0.2, 0.25) is 5.75 Å². The third-order valence-electron chi connectivity index (χ3n) is 3.60. The van der Waals surface area contributed by atoms with Crippen LogP contribution in [0.1, 0.15) is 17.4 Å². The Morgan fingerprint density at radius 2 is 1.65 bits per heavy atom. The Bertz CT molecular complexity index is 635. The van der Waals surface area contributed by atoms with E-state index >= 15 is 0 Å². The molecule has 0 radical (unpaired) electrons. The van der Waals surface area contributed by atoms with Gasteiger partial charge in [-0.1, -0.05) is 30.3 Å². The zero-order valence-corrected chi connectivity index (χ0v) is 13.3. The largest absolute Gasteiger partial charge is 0.493 e. The molecule has 0 spiro atoms. The SMILES string of the molecule is COc1cc(C2OCCO2)cc(OCc2ccccc2)c1OC. The Morgan fingerprint density at radius 1 is 0.957 bits per heavy atom. The van der Waals surface area contributed by atoms with Gasteiger partial charge in [0.15, 0.2) is 17.8 Å². The summed E-state index contributed by atoms with van der Waals surface area (Å²) in [6.45, 7) is 1.61. The molecule has 3 rings (SSSR count). The summed E-state index contributed by atoms with van der Waals surface area (Å²) in [5, 5.41) is 0. The van der Waals surface area contributed by atoms with E-state index in [1.54, 1.807) is 14.2 Å². The van der Waals surface area contributed by atoms with Crippen LogP contribution in [0.4, 0.5) is 0 Å². The maximum Gasteiger partial charge on any atom is 0.203 e. The van der Waals surface area contributed by atoms with Crippen LogP contribution in [-0.4, -0.2) is 27.4 Å². The monoisotopic (exact) mass is 316 g/mol. The first kappa shape index (κ1) is 15.6. The van der Waals surface area contributed by atoms with Gasteiger partial charge >= 0.3 is 0 Å². The highest BCUT2D eigenvalue weighted by Crippen LogP contribution is 2.41. The van der Waals surface area contributed by atoms with Crippen molar-refractivity contribution in [2.75, 3.05) is 27.4 Å². The number of hydrogen-bond donors (Lipinski definition) is 0. The van der Waals surface area contributed by atoms with Crippen LogP contribution in [-0.2, 0) is 16.1 Å². The van der Waals surface area contributed by atoms with Crippen LogP contribution >= 0.6 is 0 Å². The third kappa shape index (κ3) is 3.57. The van der Waals surface area contributed by atoms with Gasteiger partial charge in [0.1, 0.15) is 6.61 Å². The predicted octanol–water partition coefficient (Wildman–Crippen LogP) is 3.33. The Balaban J connectivity index is 1.87. The Kier molecular flexibility index (Phi) is 5.00. The fourth-order valence-electron chi connectivity index (χ4n) is 2.48. The molecular formula is C18H20O5. The van der Waals surface area contributed by atoms with Gasteiger partial charge in [-0.3, -0.25) is 0 Å². The number of rotatable bonds is 6. The van der Waals surface area contributed by atoms with Gasteiger partial charge in [-0.15, -0.1) is 0 Å². The number of ether oxygens (including phenoxy) is 5. The van der Waals surface area contributed by atoms with Crippen molar-refractivity contribution in [1.29, 1.82) is 0 Å². The van der Waals surface area contributed by atoms with Crippen LogP contribution in [0, 0.1) is 0 Å². The topological polar surface area (TPSA) is 46.2 Å². The molecule has 1 aliphatic rings. The zero-order chi connectivity index (χ0) is 16.1. The molecule has 1 fully saturated rings. The molecule has 5 nitrogen and oxygen atoms in total. The van der Waals surface area contributed by atoms with Crippen LogP contribution in [0.3, 0.4) is 0 Å². The number of benzene rings is 2. The summed E-state index contributed by atoms with van der Waals surface area (Å²) in [5.41, 5.74) is 1.93. The predicted molar refractivity (Wildman–Crippen MR) is 85.0 cm³/mol. The normalized spacial score (nSPS) is 14.7. The molecule has 0 aromatic heterocycles. The van der Waals surface area contributed by atoms with Crippen molar-refractivity contribution in [3.05, 3.63) is 53.6 Å². The average molecular weight is 316 g/mol. The lowest BCUT2D eigenvalue weighted by Crippen LogP contribution is -2.04. The maximum atomic E-state index is 5.94. The minimum absolute atomic E-state index is 0.395. The Hall–Kier alpha value is -2.24. The second-order valence-corrected chi connectivity index (χ2v) is 5.10. The summed E-state index contributed by atoms with van der Waals surface area (Å²) in [5.74, 6) is 1.75. The molecule has 1 saturated heterocycles. The van der Waals surface area contributed by atoms with Crippen LogP contribution in [0.25, 0.3) is 0 Å². The van der Waals surface area contributed by atoms with E-state index < -0.39 is 6.29 Å². The van der Waals surface area contributed by atoms with E-state index in [2.05, 4.69) is 0 Å². The van der Waals surface area contributed by atoms with E-state index in [9.17, 15) is 0 Å². The molecule has 23 heavy (non-hydrogen) atoms. The molecule has 0 unspecified atom stereocenters. The summed E-state index contributed by atoms with van der Waals surface area (Å²) >= 11 is 0. The maximum absolute atomic E-state index is 5.94. The molecular weight excluding hydrogens is 296 g/mol. The van der Waals surface area contributed by atoms with Crippen LogP contribution in [0.15, 0.2) is 42.5 Å². The van der Waals surface area contributed by atoms with Crippen LogP contribution in [0.5, 0.6) is 17.2 Å². The summed E-state index contributed by atoms with van der Waals surface area (Å²) in [4.78, 5) is 0. The zero-order valence-electron chi connectivity index (χ0n) is 13.3. The quantitative estimate of drug-likeness (QED) is 0.818. The van der Waals surface area contributed by atoms with Crippen molar-refractivity contribution in [3.63, 3.8) is 0 Å². The molecule has 0 aliphatic carbocycles.